The molecule has 1 amide bonds. The molecule has 1 aromatic carbocycles. The summed E-state index contributed by atoms with van der Waals surface area (Å²) in [4.78, 5) is 13.6. The van der Waals surface area contributed by atoms with Crippen LogP contribution in [-0.4, -0.2) is 42.2 Å². The van der Waals surface area contributed by atoms with E-state index in [1.54, 1.807) is 0 Å². The summed E-state index contributed by atoms with van der Waals surface area (Å²) in [5.74, 6) is 6.11. The number of nitrogens with zero attached hydrogens (tertiary/aromatic N) is 1. The van der Waals surface area contributed by atoms with Gasteiger partial charge in [0, 0.05) is 44.6 Å². The minimum Gasteiger partial charge on any atom is -0.395 e. The largest absolute Gasteiger partial charge is 0.395 e. The lowest BCUT2D eigenvalue weighted by atomic mass is 10.1. The fourth-order valence-electron chi connectivity index (χ4n) is 2.20. The molecule has 0 aliphatic carbocycles. The van der Waals surface area contributed by atoms with Crippen LogP contribution in [0.5, 0.6) is 0 Å². The van der Waals surface area contributed by atoms with Gasteiger partial charge in [-0.2, -0.15) is 0 Å². The van der Waals surface area contributed by atoms with Crippen LogP contribution in [0.25, 0.3) is 0 Å². The molecule has 2 N–H and O–H groups in total. The number of amides is 1. The standard InChI is InChI=1S/C16H20N2O2/c19-11-2-1-4-14-5-3-6-15(12-14)13-18-9-7-16(20)17-8-10-18/h3,5-6,12,19H,2,7-11,13H2,(H,17,20). The van der Waals surface area contributed by atoms with E-state index >= 15 is 0 Å². The van der Waals surface area contributed by atoms with E-state index in [0.29, 0.717) is 12.8 Å². The number of hydrogen-bond acceptors (Lipinski definition) is 3. The monoisotopic (exact) mass is 272 g/mol. The molecular formula is C16H20N2O2. The topological polar surface area (TPSA) is 52.6 Å². The maximum atomic E-state index is 11.3. The predicted octanol–water partition coefficient (Wildman–Crippen LogP) is 0.742. The van der Waals surface area contributed by atoms with Gasteiger partial charge >= 0.3 is 0 Å². The van der Waals surface area contributed by atoms with Crippen LogP contribution >= 0.6 is 0 Å². The van der Waals surface area contributed by atoms with Crippen LogP contribution in [0.15, 0.2) is 24.3 Å². The van der Waals surface area contributed by atoms with Crippen molar-refractivity contribution < 1.29 is 9.90 Å². The summed E-state index contributed by atoms with van der Waals surface area (Å²) in [5, 5.41) is 11.6. The summed E-state index contributed by atoms with van der Waals surface area (Å²) in [6.07, 6.45) is 1.07. The Morgan fingerprint density at radius 3 is 3.10 bits per heavy atom. The summed E-state index contributed by atoms with van der Waals surface area (Å²) in [5.41, 5.74) is 2.18. The van der Waals surface area contributed by atoms with Crippen molar-refractivity contribution in [1.29, 1.82) is 0 Å². The van der Waals surface area contributed by atoms with Gasteiger partial charge in [-0.25, -0.2) is 0 Å². The number of aliphatic hydroxyl groups excluding tert-OH is 1. The molecule has 1 heterocycles. The molecule has 0 radical (unpaired) electrons. The van der Waals surface area contributed by atoms with Crippen molar-refractivity contribution in [1.82, 2.24) is 10.2 Å². The second-order valence-electron chi connectivity index (χ2n) is 4.85. The Balaban J connectivity index is 1.97. The zero-order valence-corrected chi connectivity index (χ0v) is 11.6. The Hall–Kier alpha value is -1.83. The van der Waals surface area contributed by atoms with Crippen LogP contribution in [0.4, 0.5) is 0 Å². The van der Waals surface area contributed by atoms with Gasteiger partial charge in [0.25, 0.3) is 0 Å². The molecule has 4 heteroatoms. The molecule has 0 unspecified atom stereocenters. The second-order valence-corrected chi connectivity index (χ2v) is 4.85. The van der Waals surface area contributed by atoms with Crippen LogP contribution in [0.2, 0.25) is 0 Å². The molecule has 2 rings (SSSR count). The van der Waals surface area contributed by atoms with Crippen LogP contribution in [0.1, 0.15) is 24.0 Å². The molecule has 20 heavy (non-hydrogen) atoms. The van der Waals surface area contributed by atoms with E-state index in [4.69, 9.17) is 5.11 Å². The minimum absolute atomic E-state index is 0.0987. The Bertz CT molecular complexity index is 517. The number of hydrogen-bond donors (Lipinski definition) is 2. The molecule has 1 aliphatic heterocycles. The van der Waals surface area contributed by atoms with Gasteiger partial charge in [0.1, 0.15) is 0 Å². The molecule has 0 bridgehead atoms. The number of rotatable bonds is 3. The highest BCUT2D eigenvalue weighted by Crippen LogP contribution is 2.09. The highest BCUT2D eigenvalue weighted by molar-refractivity contribution is 5.76. The lowest BCUT2D eigenvalue weighted by Crippen LogP contribution is -2.28. The van der Waals surface area contributed by atoms with Gasteiger partial charge in [-0.3, -0.25) is 9.69 Å². The van der Waals surface area contributed by atoms with Gasteiger partial charge in [0.15, 0.2) is 0 Å². The number of carbonyl (C=O) groups is 1. The fraction of sp³-hybridized carbons (Fsp3) is 0.438. The third kappa shape index (κ3) is 4.69. The van der Waals surface area contributed by atoms with Crippen molar-refractivity contribution in [3.8, 4) is 11.8 Å². The summed E-state index contributed by atoms with van der Waals surface area (Å²) < 4.78 is 0. The first-order valence-corrected chi connectivity index (χ1v) is 6.95. The van der Waals surface area contributed by atoms with Crippen molar-refractivity contribution in [3.05, 3.63) is 35.4 Å². The molecule has 0 atom stereocenters. The van der Waals surface area contributed by atoms with E-state index in [2.05, 4.69) is 34.2 Å². The van der Waals surface area contributed by atoms with E-state index in [9.17, 15) is 4.79 Å². The fourth-order valence-corrected chi connectivity index (χ4v) is 2.20. The Labute approximate surface area is 119 Å². The lowest BCUT2D eigenvalue weighted by molar-refractivity contribution is -0.120. The minimum atomic E-state index is 0.0987. The molecule has 106 valence electrons. The highest BCUT2D eigenvalue weighted by Gasteiger charge is 2.13. The average Bonchev–Trinajstić information content (AvgIpc) is 2.65. The van der Waals surface area contributed by atoms with Crippen LogP contribution in [0, 0.1) is 11.8 Å². The summed E-state index contributed by atoms with van der Waals surface area (Å²) in [6, 6.07) is 8.13. The zero-order chi connectivity index (χ0) is 14.2. The number of nitrogens with one attached hydrogen (secondary N) is 1. The summed E-state index contributed by atoms with van der Waals surface area (Å²) in [7, 11) is 0. The first-order valence-electron chi connectivity index (χ1n) is 6.95. The Kier molecular flexibility index (Phi) is 5.60. The first-order chi connectivity index (χ1) is 9.78. The maximum Gasteiger partial charge on any atom is 0.221 e. The molecule has 4 nitrogen and oxygen atoms in total. The van der Waals surface area contributed by atoms with Crippen LogP contribution < -0.4 is 5.32 Å². The lowest BCUT2D eigenvalue weighted by Gasteiger charge is -2.18. The Morgan fingerprint density at radius 2 is 2.25 bits per heavy atom. The highest BCUT2D eigenvalue weighted by atomic mass is 16.2. The smallest absolute Gasteiger partial charge is 0.221 e. The molecule has 0 aromatic heterocycles. The third-order valence-electron chi connectivity index (χ3n) is 3.21. The van der Waals surface area contributed by atoms with Crippen molar-refractivity contribution >= 4 is 5.91 Å². The number of aliphatic hydroxyl groups is 1. The maximum absolute atomic E-state index is 11.3. The van der Waals surface area contributed by atoms with Crippen LogP contribution in [-0.2, 0) is 11.3 Å². The molecule has 1 aromatic rings. The SMILES string of the molecule is O=C1CCN(Cc2cccc(C#CCCO)c2)CCN1. The van der Waals surface area contributed by atoms with Crippen molar-refractivity contribution in [2.24, 2.45) is 0 Å². The normalized spacial score (nSPS) is 15.9. The van der Waals surface area contributed by atoms with E-state index < -0.39 is 0 Å². The van der Waals surface area contributed by atoms with Crippen LogP contribution in [0.3, 0.4) is 0 Å². The molecule has 0 spiro atoms. The molecule has 1 saturated heterocycles. The third-order valence-corrected chi connectivity index (χ3v) is 3.21. The first kappa shape index (κ1) is 14.6. The summed E-state index contributed by atoms with van der Waals surface area (Å²) in [6.45, 7) is 3.33. The molecular weight excluding hydrogens is 252 g/mol. The van der Waals surface area contributed by atoms with Crippen molar-refractivity contribution in [3.63, 3.8) is 0 Å². The molecule has 1 aliphatic rings. The van der Waals surface area contributed by atoms with Gasteiger partial charge in [-0.15, -0.1) is 0 Å². The number of carbonyl (C=O) groups excluding carboxylic acids is 1. The van der Waals surface area contributed by atoms with E-state index in [-0.39, 0.29) is 12.5 Å². The second kappa shape index (κ2) is 7.68. The zero-order valence-electron chi connectivity index (χ0n) is 11.6. The van der Waals surface area contributed by atoms with E-state index in [0.717, 1.165) is 31.7 Å². The summed E-state index contributed by atoms with van der Waals surface area (Å²) >= 11 is 0. The van der Waals surface area contributed by atoms with Crippen molar-refractivity contribution in [2.75, 3.05) is 26.2 Å². The van der Waals surface area contributed by atoms with E-state index in [1.165, 1.54) is 5.56 Å². The number of benzene rings is 1. The van der Waals surface area contributed by atoms with Gasteiger partial charge in [0.05, 0.1) is 6.61 Å². The average molecular weight is 272 g/mol. The van der Waals surface area contributed by atoms with Gasteiger partial charge in [-0.05, 0) is 17.7 Å². The van der Waals surface area contributed by atoms with Gasteiger partial charge < -0.3 is 10.4 Å². The Morgan fingerprint density at radius 1 is 1.35 bits per heavy atom. The molecule has 1 fully saturated rings. The predicted molar refractivity (Wildman–Crippen MR) is 77.9 cm³/mol. The molecule has 0 saturated carbocycles. The van der Waals surface area contributed by atoms with Crippen molar-refractivity contribution in [2.45, 2.75) is 19.4 Å². The van der Waals surface area contributed by atoms with Gasteiger partial charge in [-0.1, -0.05) is 24.0 Å². The van der Waals surface area contributed by atoms with E-state index in [1.807, 2.05) is 12.1 Å². The van der Waals surface area contributed by atoms with Gasteiger partial charge in [0.2, 0.25) is 5.91 Å². The quantitative estimate of drug-likeness (QED) is 0.798.